The molecule has 0 unspecified atom stereocenters. The first-order valence-electron chi connectivity index (χ1n) is 3.50. The summed E-state index contributed by atoms with van der Waals surface area (Å²) in [6, 6.07) is 1.73. The third kappa shape index (κ3) is 1.29. The molecule has 10 heavy (non-hydrogen) atoms. The summed E-state index contributed by atoms with van der Waals surface area (Å²) in [4.78, 5) is 6.70. The number of nitrogens with zero attached hydrogens (tertiary/aromatic N) is 2. The van der Waals surface area contributed by atoms with Crippen molar-refractivity contribution in [3.05, 3.63) is 18.5 Å². The smallest absolute Gasteiger partial charge is 0.119 e. The summed E-state index contributed by atoms with van der Waals surface area (Å²) in [5.41, 5.74) is 0. The Labute approximate surface area is 59.6 Å². The number of aromatic nitrogens is 2. The molecule has 0 saturated heterocycles. The van der Waals surface area contributed by atoms with Crippen LogP contribution in [0.1, 0.15) is 12.8 Å². The predicted octanol–water partition coefficient (Wildman–Crippen LogP) is 0.522. The lowest BCUT2D eigenvalue weighted by atomic mass is 10.5. The Bertz CT molecular complexity index is 191. The molecule has 2 rings (SSSR count). The lowest BCUT2D eigenvalue weighted by Gasteiger charge is -2.01. The fraction of sp³-hybridized carbons (Fsp3) is 0.571. The summed E-state index contributed by atoms with van der Waals surface area (Å²) in [6.07, 6.45) is 7.04. The van der Waals surface area contributed by atoms with Crippen LogP contribution in [0.5, 0.6) is 0 Å². The van der Waals surface area contributed by atoms with Gasteiger partial charge in [0.25, 0.3) is 0 Å². The maximum atomic E-state index is 5.24. The SMILES string of the molecule is [c]1ccn(OCC2CC2)n1. The zero-order valence-electron chi connectivity index (χ0n) is 5.66. The van der Waals surface area contributed by atoms with Gasteiger partial charge in [0.15, 0.2) is 0 Å². The van der Waals surface area contributed by atoms with E-state index in [1.54, 1.807) is 12.3 Å². The van der Waals surface area contributed by atoms with E-state index in [1.165, 1.54) is 17.7 Å². The van der Waals surface area contributed by atoms with Gasteiger partial charge in [-0.2, -0.15) is 0 Å². The van der Waals surface area contributed by atoms with Gasteiger partial charge in [0.1, 0.15) is 12.8 Å². The van der Waals surface area contributed by atoms with Crippen LogP contribution in [0.2, 0.25) is 0 Å². The van der Waals surface area contributed by atoms with Gasteiger partial charge in [-0.25, -0.2) is 0 Å². The molecular weight excluding hydrogens is 128 g/mol. The molecule has 1 aromatic heterocycles. The minimum Gasteiger partial charge on any atom is -0.396 e. The second-order valence-electron chi connectivity index (χ2n) is 2.59. The summed E-state index contributed by atoms with van der Waals surface area (Å²) in [7, 11) is 0. The first kappa shape index (κ1) is 5.77. The van der Waals surface area contributed by atoms with Gasteiger partial charge in [-0.1, -0.05) is 0 Å². The van der Waals surface area contributed by atoms with Crippen LogP contribution < -0.4 is 4.84 Å². The number of hydrogen-bond donors (Lipinski definition) is 0. The van der Waals surface area contributed by atoms with Gasteiger partial charge < -0.3 is 4.84 Å². The highest BCUT2D eigenvalue weighted by atomic mass is 16.7. The van der Waals surface area contributed by atoms with Gasteiger partial charge in [0, 0.05) is 0 Å². The van der Waals surface area contributed by atoms with Crippen molar-refractivity contribution in [2.24, 2.45) is 5.92 Å². The highest BCUT2D eigenvalue weighted by Crippen LogP contribution is 2.27. The molecule has 3 heteroatoms. The van der Waals surface area contributed by atoms with Crippen molar-refractivity contribution in [1.82, 2.24) is 9.94 Å². The number of hydrogen-bond acceptors (Lipinski definition) is 2. The second kappa shape index (κ2) is 2.33. The quantitative estimate of drug-likeness (QED) is 0.607. The van der Waals surface area contributed by atoms with Crippen molar-refractivity contribution in [3.8, 4) is 0 Å². The van der Waals surface area contributed by atoms with Crippen LogP contribution in [-0.4, -0.2) is 16.6 Å². The molecule has 0 spiro atoms. The first-order chi connectivity index (χ1) is 4.95. The van der Waals surface area contributed by atoms with E-state index < -0.39 is 0 Å². The molecule has 3 nitrogen and oxygen atoms in total. The topological polar surface area (TPSA) is 27.1 Å². The minimum absolute atomic E-state index is 0.782. The molecule has 1 aliphatic carbocycles. The minimum atomic E-state index is 0.782. The van der Waals surface area contributed by atoms with E-state index in [2.05, 4.69) is 11.3 Å². The molecule has 0 amide bonds. The van der Waals surface area contributed by atoms with E-state index in [9.17, 15) is 0 Å². The van der Waals surface area contributed by atoms with Crippen molar-refractivity contribution in [2.45, 2.75) is 12.8 Å². The Morgan fingerprint density at radius 2 is 2.60 bits per heavy atom. The van der Waals surface area contributed by atoms with Crippen molar-refractivity contribution < 1.29 is 4.84 Å². The predicted molar refractivity (Wildman–Crippen MR) is 35.2 cm³/mol. The first-order valence-corrected chi connectivity index (χ1v) is 3.50. The molecular formula is C7H9N2O. The average Bonchev–Trinajstić information content (AvgIpc) is 2.63. The Kier molecular flexibility index (Phi) is 1.34. The third-order valence-corrected chi connectivity index (χ3v) is 1.57. The Balaban J connectivity index is 1.79. The lowest BCUT2D eigenvalue weighted by molar-refractivity contribution is 0.0744. The van der Waals surface area contributed by atoms with Crippen LogP contribution in [0.4, 0.5) is 0 Å². The molecule has 53 valence electrons. The summed E-state index contributed by atoms with van der Waals surface area (Å²) in [6.45, 7) is 0.801. The monoisotopic (exact) mass is 137 g/mol. The maximum absolute atomic E-state index is 5.24. The van der Waals surface area contributed by atoms with E-state index in [4.69, 9.17) is 4.84 Å². The van der Waals surface area contributed by atoms with E-state index in [0.29, 0.717) is 0 Å². The molecule has 0 atom stereocenters. The van der Waals surface area contributed by atoms with E-state index >= 15 is 0 Å². The summed E-state index contributed by atoms with van der Waals surface area (Å²) in [5.74, 6) is 0.782. The van der Waals surface area contributed by atoms with Crippen LogP contribution in [0.25, 0.3) is 0 Å². The van der Waals surface area contributed by atoms with E-state index in [1.807, 2.05) is 0 Å². The molecule has 1 fully saturated rings. The molecule has 1 aromatic rings. The van der Waals surface area contributed by atoms with Gasteiger partial charge in [0.05, 0.1) is 6.20 Å². The Morgan fingerprint density at radius 1 is 1.70 bits per heavy atom. The normalized spacial score (nSPS) is 17.2. The Morgan fingerprint density at radius 3 is 3.20 bits per heavy atom. The zero-order chi connectivity index (χ0) is 6.81. The third-order valence-electron chi connectivity index (χ3n) is 1.57. The molecule has 1 saturated carbocycles. The molecule has 1 heterocycles. The summed E-state index contributed by atoms with van der Waals surface area (Å²) in [5, 5.41) is 3.79. The molecule has 0 aliphatic heterocycles. The summed E-state index contributed by atoms with van der Waals surface area (Å²) >= 11 is 0. The van der Waals surface area contributed by atoms with Crippen LogP contribution in [0.15, 0.2) is 12.3 Å². The van der Waals surface area contributed by atoms with Crippen LogP contribution in [-0.2, 0) is 0 Å². The van der Waals surface area contributed by atoms with Crippen molar-refractivity contribution in [3.63, 3.8) is 0 Å². The lowest BCUT2D eigenvalue weighted by Crippen LogP contribution is -2.14. The van der Waals surface area contributed by atoms with Gasteiger partial charge in [0.2, 0.25) is 0 Å². The van der Waals surface area contributed by atoms with Crippen LogP contribution in [0.3, 0.4) is 0 Å². The van der Waals surface area contributed by atoms with E-state index in [-0.39, 0.29) is 0 Å². The van der Waals surface area contributed by atoms with Crippen LogP contribution in [0, 0.1) is 12.1 Å². The molecule has 0 bridgehead atoms. The fourth-order valence-electron chi connectivity index (χ4n) is 0.759. The standard InChI is InChI=1S/C7H9N2O/c1-4-8-9(5-1)10-6-7-2-3-7/h1,5,7H,2-3,6H2. The van der Waals surface area contributed by atoms with Gasteiger partial charge in [-0.3, -0.25) is 0 Å². The van der Waals surface area contributed by atoms with Crippen molar-refractivity contribution in [2.75, 3.05) is 6.61 Å². The fourth-order valence-corrected chi connectivity index (χ4v) is 0.759. The maximum Gasteiger partial charge on any atom is 0.119 e. The van der Waals surface area contributed by atoms with Gasteiger partial charge in [-0.05, 0) is 24.8 Å². The zero-order valence-corrected chi connectivity index (χ0v) is 5.66. The van der Waals surface area contributed by atoms with Crippen molar-refractivity contribution >= 4 is 0 Å². The number of rotatable bonds is 3. The average molecular weight is 137 g/mol. The second-order valence-corrected chi connectivity index (χ2v) is 2.59. The largest absolute Gasteiger partial charge is 0.396 e. The molecule has 1 radical (unpaired) electrons. The highest BCUT2D eigenvalue weighted by Gasteiger charge is 2.22. The van der Waals surface area contributed by atoms with Crippen molar-refractivity contribution in [1.29, 1.82) is 0 Å². The van der Waals surface area contributed by atoms with Crippen LogP contribution >= 0.6 is 0 Å². The molecule has 0 aromatic carbocycles. The van der Waals surface area contributed by atoms with Gasteiger partial charge in [-0.15, -0.1) is 9.94 Å². The highest BCUT2D eigenvalue weighted by molar-refractivity contribution is 4.75. The van der Waals surface area contributed by atoms with E-state index in [0.717, 1.165) is 12.5 Å². The molecule has 0 N–H and O–H groups in total. The summed E-state index contributed by atoms with van der Waals surface area (Å²) < 4.78 is 0. The Hall–Kier alpha value is -0.990. The van der Waals surface area contributed by atoms with Gasteiger partial charge >= 0.3 is 0 Å². The molecule has 1 aliphatic rings.